The first kappa shape index (κ1) is 8.50. The first-order valence-corrected chi connectivity index (χ1v) is 3.90. The Balaban J connectivity index is 2.61. The summed E-state index contributed by atoms with van der Waals surface area (Å²) in [4.78, 5) is 0. The van der Waals surface area contributed by atoms with E-state index in [-0.39, 0.29) is 12.5 Å². The van der Waals surface area contributed by atoms with Crippen molar-refractivity contribution >= 4 is 0 Å². The molecular formula is C9H15NO. The number of allylic oxidation sites excluding steroid dienone is 3. The monoisotopic (exact) mass is 153 g/mol. The first-order chi connectivity index (χ1) is 5.17. The minimum atomic E-state index is -0.471. The smallest absolute Gasteiger partial charge is 0.0614 e. The number of hydrogen-bond donors (Lipinski definition) is 2. The molecule has 0 saturated carbocycles. The van der Waals surface area contributed by atoms with Crippen LogP contribution in [-0.4, -0.2) is 17.3 Å². The van der Waals surface area contributed by atoms with E-state index in [0.29, 0.717) is 0 Å². The molecule has 2 atom stereocenters. The predicted molar refractivity (Wildman–Crippen MR) is 46.1 cm³/mol. The summed E-state index contributed by atoms with van der Waals surface area (Å²) in [5, 5.41) is 8.96. The van der Waals surface area contributed by atoms with Crippen molar-refractivity contribution in [1.29, 1.82) is 0 Å². The second kappa shape index (κ2) is 3.20. The van der Waals surface area contributed by atoms with Crippen molar-refractivity contribution in [3.05, 3.63) is 24.3 Å². The van der Waals surface area contributed by atoms with Crippen LogP contribution in [0.3, 0.4) is 0 Å². The van der Waals surface area contributed by atoms with Crippen LogP contribution in [0.15, 0.2) is 24.3 Å². The SMILES string of the molecule is C[C@@](N)(CO)C1C=CC=CC1. The number of nitrogens with two attached hydrogens (primary N) is 1. The third kappa shape index (κ3) is 1.91. The lowest BCUT2D eigenvalue weighted by Crippen LogP contribution is -2.47. The van der Waals surface area contributed by atoms with Gasteiger partial charge in [0.1, 0.15) is 0 Å². The Kier molecular flexibility index (Phi) is 2.47. The van der Waals surface area contributed by atoms with Gasteiger partial charge in [0.2, 0.25) is 0 Å². The van der Waals surface area contributed by atoms with E-state index >= 15 is 0 Å². The van der Waals surface area contributed by atoms with Crippen LogP contribution in [-0.2, 0) is 0 Å². The van der Waals surface area contributed by atoms with E-state index in [1.807, 2.05) is 19.1 Å². The van der Waals surface area contributed by atoms with Gasteiger partial charge in [0.15, 0.2) is 0 Å². The van der Waals surface area contributed by atoms with Crippen molar-refractivity contribution in [2.75, 3.05) is 6.61 Å². The Hall–Kier alpha value is -0.600. The highest BCUT2D eigenvalue weighted by Gasteiger charge is 2.26. The zero-order chi connectivity index (χ0) is 8.32. The molecule has 0 saturated heterocycles. The van der Waals surface area contributed by atoms with E-state index in [1.54, 1.807) is 0 Å². The molecule has 0 aromatic carbocycles. The van der Waals surface area contributed by atoms with E-state index in [4.69, 9.17) is 10.8 Å². The van der Waals surface area contributed by atoms with Gasteiger partial charge in [-0.2, -0.15) is 0 Å². The second-order valence-corrected chi connectivity index (χ2v) is 3.32. The van der Waals surface area contributed by atoms with Crippen molar-refractivity contribution < 1.29 is 5.11 Å². The molecule has 0 bridgehead atoms. The molecule has 1 unspecified atom stereocenters. The Morgan fingerprint density at radius 1 is 1.64 bits per heavy atom. The molecule has 0 radical (unpaired) electrons. The minimum absolute atomic E-state index is 0.0375. The predicted octanol–water partition coefficient (Wildman–Crippen LogP) is 0.828. The molecule has 0 aromatic heterocycles. The van der Waals surface area contributed by atoms with Crippen molar-refractivity contribution in [2.24, 2.45) is 11.7 Å². The number of hydrogen-bond acceptors (Lipinski definition) is 2. The van der Waals surface area contributed by atoms with Crippen LogP contribution >= 0.6 is 0 Å². The second-order valence-electron chi connectivity index (χ2n) is 3.32. The number of aliphatic hydroxyl groups is 1. The van der Waals surface area contributed by atoms with E-state index in [2.05, 4.69) is 12.2 Å². The highest BCUT2D eigenvalue weighted by atomic mass is 16.3. The van der Waals surface area contributed by atoms with Gasteiger partial charge in [-0.3, -0.25) is 0 Å². The fraction of sp³-hybridized carbons (Fsp3) is 0.556. The summed E-state index contributed by atoms with van der Waals surface area (Å²) in [7, 11) is 0. The summed E-state index contributed by atoms with van der Waals surface area (Å²) < 4.78 is 0. The topological polar surface area (TPSA) is 46.2 Å². The fourth-order valence-electron chi connectivity index (χ4n) is 1.19. The summed E-state index contributed by atoms with van der Waals surface area (Å²) in [6.07, 6.45) is 9.05. The molecular weight excluding hydrogens is 138 g/mol. The van der Waals surface area contributed by atoms with Crippen LogP contribution in [0.2, 0.25) is 0 Å². The third-order valence-corrected chi connectivity index (χ3v) is 2.17. The lowest BCUT2D eigenvalue weighted by atomic mass is 9.83. The van der Waals surface area contributed by atoms with Crippen LogP contribution in [0, 0.1) is 5.92 Å². The molecule has 0 aliphatic heterocycles. The first-order valence-electron chi connectivity index (χ1n) is 3.90. The molecule has 62 valence electrons. The summed E-state index contributed by atoms with van der Waals surface area (Å²) in [5.74, 6) is 0.275. The largest absolute Gasteiger partial charge is 0.394 e. The summed E-state index contributed by atoms with van der Waals surface area (Å²) in [5.41, 5.74) is 5.38. The molecule has 1 aliphatic rings. The zero-order valence-electron chi connectivity index (χ0n) is 6.83. The maximum absolute atomic E-state index is 8.96. The molecule has 0 aromatic rings. The van der Waals surface area contributed by atoms with Gasteiger partial charge in [-0.25, -0.2) is 0 Å². The van der Waals surface area contributed by atoms with Gasteiger partial charge in [0.25, 0.3) is 0 Å². The number of aliphatic hydroxyl groups excluding tert-OH is 1. The average Bonchev–Trinajstić information content (AvgIpc) is 2.06. The van der Waals surface area contributed by atoms with E-state index in [1.165, 1.54) is 0 Å². The lowest BCUT2D eigenvalue weighted by Gasteiger charge is -2.30. The van der Waals surface area contributed by atoms with Crippen molar-refractivity contribution in [1.82, 2.24) is 0 Å². The average molecular weight is 153 g/mol. The van der Waals surface area contributed by atoms with Crippen molar-refractivity contribution in [3.8, 4) is 0 Å². The highest BCUT2D eigenvalue weighted by molar-refractivity contribution is 5.15. The Morgan fingerprint density at radius 3 is 2.82 bits per heavy atom. The number of rotatable bonds is 2. The maximum atomic E-state index is 8.96. The zero-order valence-corrected chi connectivity index (χ0v) is 6.83. The quantitative estimate of drug-likeness (QED) is 0.617. The summed E-state index contributed by atoms with van der Waals surface area (Å²) >= 11 is 0. The van der Waals surface area contributed by atoms with Crippen molar-refractivity contribution in [2.45, 2.75) is 18.9 Å². The van der Waals surface area contributed by atoms with Crippen LogP contribution in [0.5, 0.6) is 0 Å². The van der Waals surface area contributed by atoms with Gasteiger partial charge in [0.05, 0.1) is 6.61 Å². The Morgan fingerprint density at radius 2 is 2.36 bits per heavy atom. The normalized spacial score (nSPS) is 28.5. The molecule has 1 aliphatic carbocycles. The van der Waals surface area contributed by atoms with Gasteiger partial charge in [0, 0.05) is 11.5 Å². The minimum Gasteiger partial charge on any atom is -0.394 e. The third-order valence-electron chi connectivity index (χ3n) is 2.17. The van der Waals surface area contributed by atoms with Gasteiger partial charge in [-0.15, -0.1) is 0 Å². The molecule has 1 rings (SSSR count). The fourth-order valence-corrected chi connectivity index (χ4v) is 1.19. The molecule has 2 heteroatoms. The molecule has 0 spiro atoms. The maximum Gasteiger partial charge on any atom is 0.0614 e. The van der Waals surface area contributed by atoms with Gasteiger partial charge < -0.3 is 10.8 Å². The van der Waals surface area contributed by atoms with E-state index < -0.39 is 5.54 Å². The van der Waals surface area contributed by atoms with E-state index in [0.717, 1.165) is 6.42 Å². The van der Waals surface area contributed by atoms with Crippen LogP contribution < -0.4 is 5.73 Å². The lowest BCUT2D eigenvalue weighted by molar-refractivity contribution is 0.174. The molecule has 0 fully saturated rings. The molecule has 0 amide bonds. The van der Waals surface area contributed by atoms with Gasteiger partial charge >= 0.3 is 0 Å². The summed E-state index contributed by atoms with van der Waals surface area (Å²) in [6, 6.07) is 0. The highest BCUT2D eigenvalue weighted by Crippen LogP contribution is 2.22. The van der Waals surface area contributed by atoms with Gasteiger partial charge in [-0.05, 0) is 13.3 Å². The molecule has 3 N–H and O–H groups in total. The standard InChI is InChI=1S/C9H15NO/c1-9(10,7-11)8-5-3-2-4-6-8/h2-5,8,11H,6-7,10H2,1H3/t8?,9-/m1/s1. The van der Waals surface area contributed by atoms with Crippen LogP contribution in [0.1, 0.15) is 13.3 Å². The van der Waals surface area contributed by atoms with Crippen LogP contribution in [0.4, 0.5) is 0 Å². The molecule has 0 heterocycles. The molecule has 2 nitrogen and oxygen atoms in total. The Labute approximate surface area is 67.4 Å². The Bertz CT molecular complexity index is 182. The van der Waals surface area contributed by atoms with Gasteiger partial charge in [-0.1, -0.05) is 24.3 Å². The van der Waals surface area contributed by atoms with E-state index in [9.17, 15) is 0 Å². The van der Waals surface area contributed by atoms with Crippen LogP contribution in [0.25, 0.3) is 0 Å². The van der Waals surface area contributed by atoms with Crippen molar-refractivity contribution in [3.63, 3.8) is 0 Å². The molecule has 11 heavy (non-hydrogen) atoms. The summed E-state index contributed by atoms with van der Waals surface area (Å²) in [6.45, 7) is 1.91.